The molecule has 32 heavy (non-hydrogen) atoms. The van der Waals surface area contributed by atoms with E-state index in [1.165, 1.54) is 39.8 Å². The summed E-state index contributed by atoms with van der Waals surface area (Å²) in [4.78, 5) is 42.3. The number of carboxylic acids is 1. The molecule has 2 aliphatic heterocycles. The number of nitrogens with two attached hydrogens (primary N) is 1. The van der Waals surface area contributed by atoms with Crippen molar-refractivity contribution in [3.05, 3.63) is 28.2 Å². The number of carbonyl (C=O) groups is 3. The number of aromatic nitrogens is 4. The highest BCUT2D eigenvalue weighted by molar-refractivity contribution is 8.01. The van der Waals surface area contributed by atoms with Crippen LogP contribution in [0.25, 0.3) is 0 Å². The molecular weight excluding hydrogens is 478 g/mol. The number of thiazole rings is 1. The van der Waals surface area contributed by atoms with Gasteiger partial charge in [0.2, 0.25) is 5.91 Å². The van der Waals surface area contributed by atoms with Gasteiger partial charge in [-0.2, -0.15) is 0 Å². The lowest BCUT2D eigenvalue weighted by Gasteiger charge is -2.49. The number of aliphatic hydroxyl groups excluding tert-OH is 1. The van der Waals surface area contributed by atoms with Crippen LogP contribution in [-0.4, -0.2) is 75.6 Å². The average molecular weight is 498 g/mol. The molecule has 2 amide bonds. The van der Waals surface area contributed by atoms with Gasteiger partial charge in [-0.3, -0.25) is 14.5 Å². The zero-order valence-electron chi connectivity index (χ0n) is 16.7. The van der Waals surface area contributed by atoms with E-state index in [-0.39, 0.29) is 24.6 Å². The van der Waals surface area contributed by atoms with Gasteiger partial charge in [-0.05, 0) is 5.57 Å². The van der Waals surface area contributed by atoms with E-state index < -0.39 is 23.3 Å². The van der Waals surface area contributed by atoms with Gasteiger partial charge >= 0.3 is 5.97 Å². The number of nitrogen functional groups attached to an aromatic ring is 1. The molecule has 0 aliphatic carbocycles. The highest BCUT2D eigenvalue weighted by atomic mass is 32.2. The largest absolute Gasteiger partial charge is 0.477 e. The molecule has 5 N–H and O–H groups in total. The van der Waals surface area contributed by atoms with E-state index in [1.54, 1.807) is 17.0 Å². The van der Waals surface area contributed by atoms with Crippen molar-refractivity contribution >= 4 is 57.8 Å². The second-order valence-corrected chi connectivity index (χ2v) is 9.91. The number of β-lactam (4-membered cyclic amide) rings is 1. The van der Waals surface area contributed by atoms with Crippen molar-refractivity contribution in [3.8, 4) is 0 Å². The molecule has 15 heteroatoms. The summed E-state index contributed by atoms with van der Waals surface area (Å²) in [7, 11) is 1.71. The Balaban J connectivity index is 1.44. The highest BCUT2D eigenvalue weighted by Gasteiger charge is 2.54. The van der Waals surface area contributed by atoms with Gasteiger partial charge in [0, 0.05) is 23.9 Å². The zero-order chi connectivity index (χ0) is 23.0. The molecule has 1 saturated heterocycles. The van der Waals surface area contributed by atoms with E-state index in [0.717, 1.165) is 0 Å². The molecule has 4 heterocycles. The lowest BCUT2D eigenvalue weighted by atomic mass is 10.0. The number of fused-ring (bicyclic) bond motifs is 1. The molecule has 12 nitrogen and oxygen atoms in total. The Morgan fingerprint density at radius 3 is 2.81 bits per heavy atom. The Morgan fingerprint density at radius 2 is 2.19 bits per heavy atom. The number of aliphatic carboxylic acids is 1. The zero-order valence-corrected chi connectivity index (χ0v) is 19.2. The van der Waals surface area contributed by atoms with Gasteiger partial charge in [-0.25, -0.2) is 9.78 Å². The van der Waals surface area contributed by atoms with Crippen molar-refractivity contribution in [3.63, 3.8) is 0 Å². The number of anilines is 1. The van der Waals surface area contributed by atoms with E-state index >= 15 is 0 Å². The number of hydrogen-bond acceptors (Lipinski definition) is 11. The van der Waals surface area contributed by atoms with Crippen LogP contribution in [0.4, 0.5) is 5.13 Å². The molecule has 2 aliphatic rings. The van der Waals surface area contributed by atoms with Crippen LogP contribution in [-0.2, 0) is 34.5 Å². The Morgan fingerprint density at radius 1 is 1.41 bits per heavy atom. The number of nitrogens with zero attached hydrogens (tertiary/aromatic N) is 5. The molecule has 170 valence electrons. The first-order valence-electron chi connectivity index (χ1n) is 9.31. The van der Waals surface area contributed by atoms with E-state index in [9.17, 15) is 24.6 Å². The van der Waals surface area contributed by atoms with Crippen molar-refractivity contribution < 1.29 is 24.6 Å². The monoisotopic (exact) mass is 497 g/mol. The minimum Gasteiger partial charge on any atom is -0.477 e. The van der Waals surface area contributed by atoms with E-state index in [0.29, 0.717) is 38.9 Å². The number of carbonyl (C=O) groups excluding carboxylic acids is 2. The molecule has 2 aromatic heterocycles. The van der Waals surface area contributed by atoms with Gasteiger partial charge in [0.05, 0.1) is 12.1 Å². The summed E-state index contributed by atoms with van der Waals surface area (Å²) >= 11 is 3.89. The van der Waals surface area contributed by atoms with Crippen molar-refractivity contribution in [2.24, 2.45) is 7.05 Å². The number of aliphatic hydroxyl groups is 1. The molecular formula is C17H19N7O5S3. The van der Waals surface area contributed by atoms with Crippen LogP contribution in [0.3, 0.4) is 0 Å². The summed E-state index contributed by atoms with van der Waals surface area (Å²) < 4.78 is 1.63. The molecule has 1 fully saturated rings. The summed E-state index contributed by atoms with van der Waals surface area (Å²) in [6, 6.07) is -0.794. The van der Waals surface area contributed by atoms with E-state index in [1.807, 2.05) is 0 Å². The summed E-state index contributed by atoms with van der Waals surface area (Å²) in [5.74, 6) is -0.952. The molecule has 0 spiro atoms. The van der Waals surface area contributed by atoms with Crippen LogP contribution in [0.5, 0.6) is 0 Å². The van der Waals surface area contributed by atoms with Gasteiger partial charge < -0.3 is 25.8 Å². The standard InChI is InChI=1S/C17H19N7O5S3/c1-23-9(3-25)21-22-17(23)32-5-7-4-30-14-11(13(27)24(14)12(7)15(28)29)20-10(26)2-8-6-31-16(18)19-8/h6,11,14,25H,2-5H2,1H3,(H2,18,19)(H,20,26)(H,28,29)/t11?,14-/m0/s1. The first kappa shape index (κ1) is 22.6. The quantitative estimate of drug-likeness (QED) is 0.271. The summed E-state index contributed by atoms with van der Waals surface area (Å²) in [6.07, 6.45) is -0.00802. The maximum absolute atomic E-state index is 12.7. The van der Waals surface area contributed by atoms with E-state index in [2.05, 4.69) is 20.5 Å². The summed E-state index contributed by atoms with van der Waals surface area (Å²) in [5, 5.41) is 31.6. The Bertz CT molecular complexity index is 1110. The van der Waals surface area contributed by atoms with Gasteiger partial charge in [0.25, 0.3) is 5.91 Å². The van der Waals surface area contributed by atoms with E-state index in [4.69, 9.17) is 5.73 Å². The van der Waals surface area contributed by atoms with Crippen LogP contribution in [0.2, 0.25) is 0 Å². The Kier molecular flexibility index (Phi) is 6.41. The van der Waals surface area contributed by atoms with Crippen LogP contribution in [0, 0.1) is 0 Å². The van der Waals surface area contributed by atoms with Crippen molar-refractivity contribution in [2.75, 3.05) is 17.2 Å². The number of hydrogen-bond donors (Lipinski definition) is 4. The summed E-state index contributed by atoms with van der Waals surface area (Å²) in [6.45, 7) is -0.254. The van der Waals surface area contributed by atoms with Gasteiger partial charge in [-0.1, -0.05) is 11.8 Å². The molecule has 2 aromatic rings. The number of carboxylic acid groups (broad SMARTS) is 1. The minimum absolute atomic E-state index is 0.00802. The fourth-order valence-corrected chi connectivity index (χ4v) is 6.32. The average Bonchev–Trinajstić information content (AvgIpc) is 3.33. The molecule has 0 aromatic carbocycles. The van der Waals surface area contributed by atoms with Crippen molar-refractivity contribution in [1.29, 1.82) is 0 Å². The predicted octanol–water partition coefficient (Wildman–Crippen LogP) is -0.580. The molecule has 2 atom stereocenters. The predicted molar refractivity (Wildman–Crippen MR) is 118 cm³/mol. The summed E-state index contributed by atoms with van der Waals surface area (Å²) in [5.41, 5.74) is 6.60. The van der Waals surface area contributed by atoms with Crippen LogP contribution in [0.1, 0.15) is 11.5 Å². The first-order chi connectivity index (χ1) is 15.3. The second kappa shape index (κ2) is 9.09. The third kappa shape index (κ3) is 4.20. The topological polar surface area (TPSA) is 177 Å². The normalized spacial score (nSPS) is 20.2. The van der Waals surface area contributed by atoms with Gasteiger partial charge in [-0.15, -0.1) is 33.3 Å². The number of amides is 2. The van der Waals surface area contributed by atoms with Crippen molar-refractivity contribution in [2.45, 2.75) is 29.6 Å². The van der Waals surface area contributed by atoms with Crippen LogP contribution in [0.15, 0.2) is 21.8 Å². The minimum atomic E-state index is -1.20. The SMILES string of the molecule is Cn1c(CO)nnc1SCC1=C(C(=O)O)N2C(=O)C(NC(=O)Cc3csc(N)n3)[C@@H]2SC1. The molecule has 0 bridgehead atoms. The number of thioether (sulfide) groups is 2. The molecule has 4 rings (SSSR count). The Hall–Kier alpha value is -2.62. The molecule has 1 unspecified atom stereocenters. The lowest BCUT2D eigenvalue weighted by Crippen LogP contribution is -2.70. The fourth-order valence-electron chi connectivity index (χ4n) is 3.35. The highest BCUT2D eigenvalue weighted by Crippen LogP contribution is 2.41. The van der Waals surface area contributed by atoms with Crippen molar-refractivity contribution in [1.82, 2.24) is 30.0 Å². The smallest absolute Gasteiger partial charge is 0.352 e. The first-order valence-corrected chi connectivity index (χ1v) is 12.2. The van der Waals surface area contributed by atoms with Crippen LogP contribution >= 0.6 is 34.9 Å². The van der Waals surface area contributed by atoms with Crippen LogP contribution < -0.4 is 11.1 Å². The fraction of sp³-hybridized carbons (Fsp3) is 0.412. The Labute approximate surface area is 194 Å². The third-order valence-electron chi connectivity index (χ3n) is 4.92. The number of nitrogens with one attached hydrogen (secondary N) is 1. The molecule has 0 saturated carbocycles. The third-order valence-corrected chi connectivity index (χ3v) is 8.09. The lowest BCUT2D eigenvalue weighted by molar-refractivity contribution is -0.150. The second-order valence-electron chi connectivity index (χ2n) is 6.97. The maximum Gasteiger partial charge on any atom is 0.352 e. The maximum atomic E-state index is 12.7. The van der Waals surface area contributed by atoms with Gasteiger partial charge in [0.1, 0.15) is 23.7 Å². The molecule has 0 radical (unpaired) electrons. The van der Waals surface area contributed by atoms with Gasteiger partial charge in [0.15, 0.2) is 16.1 Å². The number of rotatable bonds is 8.